The van der Waals surface area contributed by atoms with Crippen molar-refractivity contribution < 1.29 is 19.1 Å². The first-order valence-corrected chi connectivity index (χ1v) is 3.47. The van der Waals surface area contributed by atoms with E-state index in [-0.39, 0.29) is 11.3 Å². The van der Waals surface area contributed by atoms with Gasteiger partial charge < -0.3 is 5.11 Å². The molecule has 5 heteroatoms. The smallest absolute Gasteiger partial charge is 0.277 e. The van der Waals surface area contributed by atoms with Gasteiger partial charge in [0.1, 0.15) is 11.6 Å². The van der Waals surface area contributed by atoms with Gasteiger partial charge in [-0.3, -0.25) is 9.63 Å². The van der Waals surface area contributed by atoms with Gasteiger partial charge in [0.25, 0.3) is 5.91 Å². The van der Waals surface area contributed by atoms with E-state index < -0.39 is 11.7 Å². The number of carbonyl (C=O) groups is 1. The highest BCUT2D eigenvalue weighted by Gasteiger charge is 2.11. The van der Waals surface area contributed by atoms with Crippen LogP contribution >= 0.6 is 0 Å². The van der Waals surface area contributed by atoms with E-state index in [4.69, 9.17) is 5.11 Å². The first-order valence-electron chi connectivity index (χ1n) is 3.47. The Balaban J connectivity index is 2.99. The monoisotopic (exact) mass is 185 g/mol. The van der Waals surface area contributed by atoms with E-state index in [1.54, 1.807) is 0 Å². The number of phenols is 1. The van der Waals surface area contributed by atoms with Crippen LogP contribution in [0.3, 0.4) is 0 Å². The number of hydrogen-bond acceptors (Lipinski definition) is 3. The molecule has 0 heterocycles. The molecule has 2 N–H and O–H groups in total. The molecule has 70 valence electrons. The molecule has 0 bridgehead atoms. The summed E-state index contributed by atoms with van der Waals surface area (Å²) in [6, 6.07) is 3.17. The van der Waals surface area contributed by atoms with Crippen LogP contribution in [0, 0.1) is 5.82 Å². The lowest BCUT2D eigenvalue weighted by Gasteiger charge is -2.03. The Kier molecular flexibility index (Phi) is 2.81. The van der Waals surface area contributed by atoms with Gasteiger partial charge in [-0.1, -0.05) is 0 Å². The van der Waals surface area contributed by atoms with Gasteiger partial charge in [-0.25, -0.2) is 9.87 Å². The second kappa shape index (κ2) is 3.86. The molecular formula is C8H8FNO3. The molecule has 0 aliphatic heterocycles. The average Bonchev–Trinajstić information content (AvgIpc) is 2.09. The standard InChI is InChI=1S/C8H8FNO3/c1-13-10-8(12)6-4-5(11)2-3-7(6)9/h2-4,11H,1H3,(H,10,12). The van der Waals surface area contributed by atoms with Crippen LogP contribution in [-0.2, 0) is 4.84 Å². The van der Waals surface area contributed by atoms with E-state index in [2.05, 4.69) is 4.84 Å². The van der Waals surface area contributed by atoms with E-state index >= 15 is 0 Å². The normalized spacial score (nSPS) is 9.69. The number of nitrogens with one attached hydrogen (secondary N) is 1. The molecule has 1 amide bonds. The van der Waals surface area contributed by atoms with E-state index in [0.717, 1.165) is 18.2 Å². The van der Waals surface area contributed by atoms with Crippen LogP contribution in [0.1, 0.15) is 10.4 Å². The number of carbonyl (C=O) groups excluding carboxylic acids is 1. The van der Waals surface area contributed by atoms with Gasteiger partial charge in [0.15, 0.2) is 0 Å². The molecule has 0 atom stereocenters. The SMILES string of the molecule is CONC(=O)c1cc(O)ccc1F. The Morgan fingerprint density at radius 1 is 1.62 bits per heavy atom. The van der Waals surface area contributed by atoms with Gasteiger partial charge in [0.2, 0.25) is 0 Å². The second-order valence-corrected chi connectivity index (χ2v) is 2.30. The summed E-state index contributed by atoms with van der Waals surface area (Å²) in [4.78, 5) is 15.3. The Bertz CT molecular complexity index is 327. The van der Waals surface area contributed by atoms with Crippen molar-refractivity contribution in [2.24, 2.45) is 0 Å². The van der Waals surface area contributed by atoms with Crippen molar-refractivity contribution in [3.05, 3.63) is 29.6 Å². The molecule has 0 spiro atoms. The Morgan fingerprint density at radius 2 is 2.31 bits per heavy atom. The van der Waals surface area contributed by atoms with Crippen molar-refractivity contribution in [3.63, 3.8) is 0 Å². The van der Waals surface area contributed by atoms with Crippen molar-refractivity contribution in [3.8, 4) is 5.75 Å². The van der Waals surface area contributed by atoms with E-state index in [9.17, 15) is 9.18 Å². The number of phenolic OH excluding ortho intramolecular Hbond substituents is 1. The van der Waals surface area contributed by atoms with E-state index in [0.29, 0.717) is 0 Å². The fraction of sp³-hybridized carbons (Fsp3) is 0.125. The Labute approximate surface area is 73.9 Å². The largest absolute Gasteiger partial charge is 0.508 e. The number of amides is 1. The van der Waals surface area contributed by atoms with Gasteiger partial charge in [0, 0.05) is 0 Å². The maximum atomic E-state index is 12.9. The van der Waals surface area contributed by atoms with Crippen LogP contribution < -0.4 is 5.48 Å². The molecule has 0 fully saturated rings. The van der Waals surface area contributed by atoms with Gasteiger partial charge in [-0.15, -0.1) is 0 Å². The first kappa shape index (κ1) is 9.47. The van der Waals surface area contributed by atoms with Crippen LogP contribution in [0.15, 0.2) is 18.2 Å². The number of benzene rings is 1. The van der Waals surface area contributed by atoms with Crippen molar-refractivity contribution in [2.75, 3.05) is 7.11 Å². The average molecular weight is 185 g/mol. The summed E-state index contributed by atoms with van der Waals surface area (Å²) < 4.78 is 12.9. The van der Waals surface area contributed by atoms with Crippen molar-refractivity contribution in [1.82, 2.24) is 5.48 Å². The summed E-state index contributed by atoms with van der Waals surface area (Å²) in [6.07, 6.45) is 0. The number of aromatic hydroxyl groups is 1. The van der Waals surface area contributed by atoms with E-state index in [1.165, 1.54) is 7.11 Å². The highest BCUT2D eigenvalue weighted by molar-refractivity contribution is 5.94. The fourth-order valence-corrected chi connectivity index (χ4v) is 0.835. The minimum absolute atomic E-state index is 0.178. The molecular weight excluding hydrogens is 177 g/mol. The molecule has 4 nitrogen and oxygen atoms in total. The molecule has 0 aromatic heterocycles. The zero-order valence-electron chi connectivity index (χ0n) is 6.87. The van der Waals surface area contributed by atoms with Crippen LogP contribution in [0.4, 0.5) is 4.39 Å². The lowest BCUT2D eigenvalue weighted by atomic mass is 10.2. The molecule has 0 unspecified atom stereocenters. The minimum atomic E-state index is -0.740. The predicted molar refractivity (Wildman–Crippen MR) is 42.5 cm³/mol. The van der Waals surface area contributed by atoms with Gasteiger partial charge >= 0.3 is 0 Å². The highest BCUT2D eigenvalue weighted by atomic mass is 19.1. The van der Waals surface area contributed by atoms with Crippen LogP contribution in [-0.4, -0.2) is 18.1 Å². The minimum Gasteiger partial charge on any atom is -0.508 e. The number of halogens is 1. The Hall–Kier alpha value is -1.62. The van der Waals surface area contributed by atoms with E-state index in [1.807, 2.05) is 5.48 Å². The van der Waals surface area contributed by atoms with Crippen molar-refractivity contribution in [2.45, 2.75) is 0 Å². The molecule has 0 saturated carbocycles. The lowest BCUT2D eigenvalue weighted by molar-refractivity contribution is 0.0533. The summed E-state index contributed by atoms with van der Waals surface area (Å²) in [7, 11) is 1.23. The quantitative estimate of drug-likeness (QED) is 0.670. The first-order chi connectivity index (χ1) is 6.15. The molecule has 13 heavy (non-hydrogen) atoms. The molecule has 0 radical (unpaired) electrons. The lowest BCUT2D eigenvalue weighted by Crippen LogP contribution is -2.22. The number of hydroxylamine groups is 1. The molecule has 0 aliphatic carbocycles. The van der Waals surface area contributed by atoms with Crippen molar-refractivity contribution >= 4 is 5.91 Å². The maximum Gasteiger partial charge on any atom is 0.277 e. The summed E-state index contributed by atoms with van der Waals surface area (Å²) in [5.41, 5.74) is 1.68. The zero-order valence-corrected chi connectivity index (χ0v) is 6.87. The van der Waals surface area contributed by atoms with Gasteiger partial charge in [-0.2, -0.15) is 0 Å². The van der Waals surface area contributed by atoms with Gasteiger partial charge in [-0.05, 0) is 18.2 Å². The summed E-state index contributed by atoms with van der Waals surface area (Å²) >= 11 is 0. The van der Waals surface area contributed by atoms with Crippen LogP contribution in [0.2, 0.25) is 0 Å². The van der Waals surface area contributed by atoms with Crippen molar-refractivity contribution in [1.29, 1.82) is 0 Å². The summed E-state index contributed by atoms with van der Waals surface area (Å²) in [5.74, 6) is -1.63. The zero-order chi connectivity index (χ0) is 9.84. The fourth-order valence-electron chi connectivity index (χ4n) is 0.835. The molecule has 0 aliphatic rings. The molecule has 0 saturated heterocycles. The maximum absolute atomic E-state index is 12.9. The third kappa shape index (κ3) is 2.16. The third-order valence-corrected chi connectivity index (χ3v) is 1.39. The third-order valence-electron chi connectivity index (χ3n) is 1.39. The summed E-state index contributed by atoms with van der Waals surface area (Å²) in [6.45, 7) is 0. The molecule has 1 aromatic rings. The number of hydrogen-bond donors (Lipinski definition) is 2. The van der Waals surface area contributed by atoms with Crippen LogP contribution in [0.25, 0.3) is 0 Å². The highest BCUT2D eigenvalue weighted by Crippen LogP contribution is 2.14. The predicted octanol–water partition coefficient (Wildman–Crippen LogP) is 0.823. The number of rotatable bonds is 2. The molecule has 1 rings (SSSR count). The summed E-state index contributed by atoms with van der Waals surface area (Å²) in [5, 5.41) is 8.97. The van der Waals surface area contributed by atoms with Crippen LogP contribution in [0.5, 0.6) is 5.75 Å². The second-order valence-electron chi connectivity index (χ2n) is 2.30. The van der Waals surface area contributed by atoms with Gasteiger partial charge in [0.05, 0.1) is 12.7 Å². The molecule has 1 aromatic carbocycles. The Morgan fingerprint density at radius 3 is 2.92 bits per heavy atom. The topological polar surface area (TPSA) is 58.6 Å².